The topological polar surface area (TPSA) is 64.1 Å². The predicted molar refractivity (Wildman–Crippen MR) is 100 cm³/mol. The quantitative estimate of drug-likeness (QED) is 0.385. The number of hydrogen-bond donors (Lipinski definition) is 2. The average Bonchev–Trinajstić information content (AvgIpc) is 3.14. The van der Waals surface area contributed by atoms with Crippen LogP contribution in [0.15, 0.2) is 29.3 Å². The highest BCUT2D eigenvalue weighted by Crippen LogP contribution is 2.13. The third-order valence-electron chi connectivity index (χ3n) is 4.03. The van der Waals surface area contributed by atoms with Gasteiger partial charge in [0.05, 0.1) is 19.8 Å². The average molecular weight is 349 g/mol. The first-order valence-corrected chi connectivity index (χ1v) is 9.13. The lowest BCUT2D eigenvalue weighted by atomic mass is 10.1. The second-order valence-corrected chi connectivity index (χ2v) is 6.09. The molecule has 0 bridgehead atoms. The zero-order chi connectivity index (χ0) is 17.7. The molecule has 0 amide bonds. The lowest BCUT2D eigenvalue weighted by molar-refractivity contribution is 0.0888. The van der Waals surface area contributed by atoms with Crippen LogP contribution in [0.25, 0.3) is 0 Å². The Morgan fingerprint density at radius 3 is 3.04 bits per heavy atom. The van der Waals surface area contributed by atoms with Gasteiger partial charge in [0.25, 0.3) is 0 Å². The summed E-state index contributed by atoms with van der Waals surface area (Å²) in [5, 5.41) is 6.63. The van der Waals surface area contributed by atoms with Gasteiger partial charge in [-0.15, -0.1) is 0 Å². The molecule has 1 aliphatic heterocycles. The molecule has 0 aliphatic carbocycles. The van der Waals surface area contributed by atoms with Crippen molar-refractivity contribution in [2.24, 2.45) is 10.9 Å². The highest BCUT2D eigenvalue weighted by atomic mass is 16.5. The molecule has 0 saturated carbocycles. The smallest absolute Gasteiger partial charge is 0.191 e. The molecule has 1 heterocycles. The molecule has 25 heavy (non-hydrogen) atoms. The Kier molecular flexibility index (Phi) is 9.15. The zero-order valence-electron chi connectivity index (χ0n) is 15.4. The molecule has 2 N–H and O–H groups in total. The van der Waals surface area contributed by atoms with Gasteiger partial charge in [-0.25, -0.2) is 0 Å². The minimum Gasteiger partial charge on any atom is -0.494 e. The minimum absolute atomic E-state index is 0.579. The van der Waals surface area contributed by atoms with E-state index in [4.69, 9.17) is 14.2 Å². The molecule has 0 radical (unpaired) electrons. The molecular formula is C19H31N3O3. The second-order valence-electron chi connectivity index (χ2n) is 6.09. The molecule has 1 aromatic carbocycles. The molecule has 1 aromatic rings. The lowest BCUT2D eigenvalue weighted by Crippen LogP contribution is -2.37. The van der Waals surface area contributed by atoms with Crippen LogP contribution < -0.4 is 15.4 Å². The van der Waals surface area contributed by atoms with Crippen molar-refractivity contribution in [2.75, 3.05) is 46.6 Å². The van der Waals surface area contributed by atoms with Crippen molar-refractivity contribution < 1.29 is 14.2 Å². The van der Waals surface area contributed by atoms with Gasteiger partial charge in [0.15, 0.2) is 5.96 Å². The van der Waals surface area contributed by atoms with Crippen LogP contribution in [-0.4, -0.2) is 52.6 Å². The van der Waals surface area contributed by atoms with Crippen LogP contribution in [0.4, 0.5) is 0 Å². The fraction of sp³-hybridized carbons (Fsp3) is 0.632. The Bertz CT molecular complexity index is 516. The van der Waals surface area contributed by atoms with E-state index in [0.717, 1.165) is 63.1 Å². The van der Waals surface area contributed by atoms with E-state index in [0.29, 0.717) is 19.1 Å². The summed E-state index contributed by atoms with van der Waals surface area (Å²) in [6.45, 7) is 7.50. The third kappa shape index (κ3) is 7.75. The minimum atomic E-state index is 0.579. The Morgan fingerprint density at radius 2 is 2.28 bits per heavy atom. The number of nitrogens with one attached hydrogen (secondary N) is 2. The summed E-state index contributed by atoms with van der Waals surface area (Å²) in [6, 6.07) is 8.09. The van der Waals surface area contributed by atoms with Crippen molar-refractivity contribution in [1.82, 2.24) is 10.6 Å². The number of rotatable bonds is 10. The van der Waals surface area contributed by atoms with E-state index in [1.54, 1.807) is 7.05 Å². The third-order valence-corrected chi connectivity index (χ3v) is 4.03. The first-order valence-electron chi connectivity index (χ1n) is 9.13. The molecule has 1 saturated heterocycles. The van der Waals surface area contributed by atoms with Gasteiger partial charge >= 0.3 is 0 Å². The maximum Gasteiger partial charge on any atom is 0.191 e. The lowest BCUT2D eigenvalue weighted by Gasteiger charge is -2.13. The van der Waals surface area contributed by atoms with Crippen LogP contribution in [-0.2, 0) is 16.0 Å². The standard InChI is InChI=1S/C19H31N3O3/c1-3-25-18-7-4-6-16(12-18)13-22-19(20-2)21-9-5-10-23-14-17-8-11-24-15-17/h4,6-7,12,17H,3,5,8-11,13-15H2,1-2H3,(H2,20,21,22). The van der Waals surface area contributed by atoms with Gasteiger partial charge in [0.2, 0.25) is 0 Å². The first-order chi connectivity index (χ1) is 12.3. The fourth-order valence-electron chi connectivity index (χ4n) is 2.66. The molecule has 0 spiro atoms. The van der Waals surface area contributed by atoms with Gasteiger partial charge < -0.3 is 24.8 Å². The summed E-state index contributed by atoms with van der Waals surface area (Å²) in [5.41, 5.74) is 1.16. The van der Waals surface area contributed by atoms with Gasteiger partial charge in [-0.2, -0.15) is 0 Å². The number of hydrogen-bond acceptors (Lipinski definition) is 4. The normalized spacial score (nSPS) is 17.5. The Hall–Kier alpha value is -1.79. The van der Waals surface area contributed by atoms with Gasteiger partial charge in [-0.3, -0.25) is 4.99 Å². The molecule has 1 atom stereocenters. The number of aliphatic imine (C=N–C) groups is 1. The Morgan fingerprint density at radius 1 is 1.36 bits per heavy atom. The van der Waals surface area contributed by atoms with Crippen molar-refractivity contribution in [3.8, 4) is 5.75 Å². The van der Waals surface area contributed by atoms with Gasteiger partial charge in [0, 0.05) is 39.3 Å². The van der Waals surface area contributed by atoms with Crippen LogP contribution in [0.2, 0.25) is 0 Å². The summed E-state index contributed by atoms with van der Waals surface area (Å²) in [4.78, 5) is 4.25. The van der Waals surface area contributed by atoms with Crippen LogP contribution >= 0.6 is 0 Å². The zero-order valence-corrected chi connectivity index (χ0v) is 15.4. The van der Waals surface area contributed by atoms with E-state index in [-0.39, 0.29) is 0 Å². The largest absolute Gasteiger partial charge is 0.494 e. The van der Waals surface area contributed by atoms with E-state index >= 15 is 0 Å². The molecule has 2 rings (SSSR count). The molecule has 1 unspecified atom stereocenters. The highest BCUT2D eigenvalue weighted by Gasteiger charge is 2.15. The van der Waals surface area contributed by atoms with E-state index in [9.17, 15) is 0 Å². The monoisotopic (exact) mass is 349 g/mol. The molecule has 1 aliphatic rings. The molecule has 140 valence electrons. The molecule has 6 nitrogen and oxygen atoms in total. The van der Waals surface area contributed by atoms with Crippen molar-refractivity contribution >= 4 is 5.96 Å². The number of guanidine groups is 1. The summed E-state index contributed by atoms with van der Waals surface area (Å²) in [7, 11) is 1.78. The molecule has 6 heteroatoms. The number of nitrogens with zero attached hydrogens (tertiary/aromatic N) is 1. The first kappa shape index (κ1) is 19.5. The van der Waals surface area contributed by atoms with Crippen LogP contribution in [0.3, 0.4) is 0 Å². The van der Waals surface area contributed by atoms with Crippen molar-refractivity contribution in [3.63, 3.8) is 0 Å². The van der Waals surface area contributed by atoms with Gasteiger partial charge in [-0.1, -0.05) is 12.1 Å². The van der Waals surface area contributed by atoms with E-state index in [2.05, 4.69) is 21.7 Å². The van der Waals surface area contributed by atoms with Crippen molar-refractivity contribution in [1.29, 1.82) is 0 Å². The summed E-state index contributed by atoms with van der Waals surface area (Å²) < 4.78 is 16.6. The van der Waals surface area contributed by atoms with Crippen LogP contribution in [0.5, 0.6) is 5.75 Å². The SMILES string of the molecule is CCOc1cccc(CNC(=NC)NCCCOCC2CCOC2)c1. The molecular weight excluding hydrogens is 318 g/mol. The Labute approximate surface area is 151 Å². The van der Waals surface area contributed by atoms with E-state index < -0.39 is 0 Å². The van der Waals surface area contributed by atoms with Crippen LogP contribution in [0, 0.1) is 5.92 Å². The van der Waals surface area contributed by atoms with Gasteiger partial charge in [-0.05, 0) is 37.5 Å². The Balaban J connectivity index is 1.57. The predicted octanol–water partition coefficient (Wildman–Crippen LogP) is 2.19. The maximum absolute atomic E-state index is 5.70. The molecule has 1 fully saturated rings. The number of ether oxygens (including phenoxy) is 3. The van der Waals surface area contributed by atoms with Gasteiger partial charge in [0.1, 0.15) is 5.75 Å². The number of benzene rings is 1. The summed E-state index contributed by atoms with van der Waals surface area (Å²) in [5.74, 6) is 2.27. The maximum atomic E-state index is 5.70. The fourth-order valence-corrected chi connectivity index (χ4v) is 2.66. The van der Waals surface area contributed by atoms with E-state index in [1.165, 1.54) is 0 Å². The second kappa shape index (κ2) is 11.7. The van der Waals surface area contributed by atoms with Crippen LogP contribution in [0.1, 0.15) is 25.3 Å². The molecule has 0 aromatic heterocycles. The van der Waals surface area contributed by atoms with Crippen molar-refractivity contribution in [2.45, 2.75) is 26.3 Å². The highest BCUT2D eigenvalue weighted by molar-refractivity contribution is 5.79. The summed E-state index contributed by atoms with van der Waals surface area (Å²) >= 11 is 0. The van der Waals surface area contributed by atoms with Crippen molar-refractivity contribution in [3.05, 3.63) is 29.8 Å². The van der Waals surface area contributed by atoms with E-state index in [1.807, 2.05) is 25.1 Å². The summed E-state index contributed by atoms with van der Waals surface area (Å²) in [6.07, 6.45) is 2.08.